The van der Waals surface area contributed by atoms with Crippen LogP contribution < -0.4 is 10.6 Å². The average Bonchev–Trinajstić information content (AvgIpc) is 3.95. The number of amides is 3. The second-order valence-electron chi connectivity index (χ2n) is 19.9. The predicted octanol–water partition coefficient (Wildman–Crippen LogP) is 7.46. The second-order valence-corrected chi connectivity index (χ2v) is 22.4. The van der Waals surface area contributed by atoms with E-state index in [1.54, 1.807) is 37.4 Å². The first-order valence-electron chi connectivity index (χ1n) is 24.0. The fourth-order valence-electron chi connectivity index (χ4n) is 10.9. The van der Waals surface area contributed by atoms with Crippen LogP contribution in [0.4, 0.5) is 4.79 Å². The van der Waals surface area contributed by atoms with Gasteiger partial charge in [0.1, 0.15) is 17.8 Å². The Bertz CT molecular complexity index is 2640. The Morgan fingerprint density at radius 3 is 2.37 bits per heavy atom. The molecular formula is C51H75N7O8S5. The zero-order valence-corrected chi connectivity index (χ0v) is 46.6. The first-order chi connectivity index (χ1) is 32.0. The van der Waals surface area contributed by atoms with Crippen LogP contribution in [-0.4, -0.2) is 122 Å². The van der Waals surface area contributed by atoms with Gasteiger partial charge in [-0.25, -0.2) is 9.00 Å². The third-order valence-corrected chi connectivity index (χ3v) is 16.2. The van der Waals surface area contributed by atoms with Gasteiger partial charge in [0.05, 0.1) is 36.2 Å². The number of piperidine rings is 1. The molecule has 1 saturated carbocycles. The molecule has 20 heteroatoms. The number of aromatic hydroxyl groups is 1. The van der Waals surface area contributed by atoms with E-state index in [-0.39, 0.29) is 121 Å². The summed E-state index contributed by atoms with van der Waals surface area (Å²) in [5.41, 5.74) is 6.53. The summed E-state index contributed by atoms with van der Waals surface area (Å²) < 4.78 is 34.7. The topological polar surface area (TPSA) is 196 Å². The molecule has 3 amide bonds. The molecule has 15 nitrogen and oxygen atoms in total. The molecule has 1 aliphatic carbocycles. The lowest BCUT2D eigenvalue weighted by Gasteiger charge is -2.38. The van der Waals surface area contributed by atoms with Crippen LogP contribution in [0.5, 0.6) is 5.75 Å². The van der Waals surface area contributed by atoms with E-state index in [4.69, 9.17) is 19.2 Å². The van der Waals surface area contributed by atoms with Crippen LogP contribution in [0, 0.1) is 16.1 Å². The lowest BCUT2D eigenvalue weighted by Crippen LogP contribution is -2.61. The molecule has 5 heterocycles. The Hall–Kier alpha value is -3.92. The minimum Gasteiger partial charge on any atom is -0.508 e. The van der Waals surface area contributed by atoms with E-state index in [0.29, 0.717) is 37.8 Å². The molecule has 4 aromatic rings. The maximum Gasteiger partial charge on any atom is 0.323 e. The number of hydrogen-bond acceptors (Lipinski definition) is 11. The van der Waals surface area contributed by atoms with Crippen molar-refractivity contribution in [2.24, 2.45) is 11.3 Å². The summed E-state index contributed by atoms with van der Waals surface area (Å²) in [5, 5.41) is 18.8. The van der Waals surface area contributed by atoms with Crippen LogP contribution in [0.2, 0.25) is 0 Å². The third kappa shape index (κ3) is 13.1. The molecule has 2 aromatic carbocycles. The minimum atomic E-state index is -2.75. The van der Waals surface area contributed by atoms with E-state index < -0.39 is 51.2 Å². The highest BCUT2D eigenvalue weighted by atomic mass is 32.2. The van der Waals surface area contributed by atoms with Gasteiger partial charge < -0.3 is 34.3 Å². The number of ketones is 1. The van der Waals surface area contributed by atoms with Gasteiger partial charge in [-0.05, 0) is 123 Å². The standard InChI is InChI=1S/C51H67N7O8S.4H2S/c1-7-58-43-18-17-34-28-38(43)39(46(58)37-14-11-19-53-44(37)31(2)65-6)29-51(3,4)30-66-49(62)41-16-10-15-40(54-41)47(60)42(26-32-24-35(34)27-36(59)25-32)55-48(61)45(33-12-8-9-13-33)56(5)50(63)57-20-22-67(52,64)23-21-57;;;;/h11,14,17-19,24-25,27-28,31,33,40-42,45,52,54,59H,7-10,12-13,15-16,20-23,26,29-30H2,1-6H3,(H,55,61);4*1H2/t31-,40?,41-,42-,45-;;;;/m0..../s1. The van der Waals surface area contributed by atoms with Crippen molar-refractivity contribution in [2.75, 3.05) is 45.4 Å². The molecule has 2 aromatic heterocycles. The van der Waals surface area contributed by atoms with Gasteiger partial charge >= 0.3 is 12.0 Å². The first kappa shape index (κ1) is 59.6. The molecule has 6 bridgehead atoms. The monoisotopic (exact) mass is 1070 g/mol. The Kier molecular flexibility index (Phi) is 20.9. The van der Waals surface area contributed by atoms with E-state index >= 15 is 0 Å². The van der Waals surface area contributed by atoms with Crippen molar-refractivity contribution >= 4 is 98.3 Å². The number of hydrogen-bond donors (Lipinski definition) is 4. The number of esters is 1. The number of aromatic nitrogens is 2. The molecule has 71 heavy (non-hydrogen) atoms. The minimum absolute atomic E-state index is 0. The summed E-state index contributed by atoms with van der Waals surface area (Å²) in [6.45, 7) is 9.40. The molecule has 3 fully saturated rings. The van der Waals surface area contributed by atoms with E-state index in [2.05, 4.69) is 54.2 Å². The summed E-state index contributed by atoms with van der Waals surface area (Å²) in [7, 11) is 0.536. The Labute approximate surface area is 447 Å². The third-order valence-electron chi connectivity index (χ3n) is 14.5. The van der Waals surface area contributed by atoms with E-state index in [1.807, 2.05) is 25.1 Å². The van der Waals surface area contributed by atoms with Crippen LogP contribution in [0.3, 0.4) is 0 Å². The molecule has 392 valence electrons. The van der Waals surface area contributed by atoms with Crippen molar-refractivity contribution in [3.05, 3.63) is 71.5 Å². The van der Waals surface area contributed by atoms with Crippen LogP contribution in [-0.2, 0) is 53.0 Å². The molecule has 4 N–H and O–H groups in total. The molecule has 8 rings (SSSR count). The number of methoxy groups -OCH3 is 1. The van der Waals surface area contributed by atoms with E-state index in [9.17, 15) is 28.5 Å². The highest BCUT2D eigenvalue weighted by Crippen LogP contribution is 2.42. The first-order valence-corrected chi connectivity index (χ1v) is 25.9. The van der Waals surface area contributed by atoms with Crippen LogP contribution in [0.15, 0.2) is 54.7 Å². The van der Waals surface area contributed by atoms with E-state index in [1.165, 1.54) is 4.90 Å². The average molecular weight is 1070 g/mol. The number of Topliss-reactive ketones (excluding diaryl/α,β-unsaturated/α-hetero) is 1. The van der Waals surface area contributed by atoms with Gasteiger partial charge in [0.15, 0.2) is 5.78 Å². The van der Waals surface area contributed by atoms with Crippen LogP contribution >= 0.6 is 54.0 Å². The molecule has 3 aliphatic heterocycles. The number of pyridine rings is 1. The van der Waals surface area contributed by atoms with Gasteiger partial charge in [0.2, 0.25) is 5.91 Å². The van der Waals surface area contributed by atoms with Crippen molar-refractivity contribution in [1.82, 2.24) is 30.0 Å². The van der Waals surface area contributed by atoms with Crippen LogP contribution in [0.1, 0.15) is 95.6 Å². The smallest absolute Gasteiger partial charge is 0.323 e. The number of phenols is 1. The lowest BCUT2D eigenvalue weighted by molar-refractivity contribution is -0.150. The quantitative estimate of drug-likeness (QED) is 0.129. The summed E-state index contributed by atoms with van der Waals surface area (Å²) in [5.74, 6) is -1.16. The van der Waals surface area contributed by atoms with Gasteiger partial charge in [-0.2, -0.15) is 54.0 Å². The molecule has 1 unspecified atom stereocenters. The van der Waals surface area contributed by atoms with Gasteiger partial charge in [-0.3, -0.25) is 29.5 Å². The van der Waals surface area contributed by atoms with Gasteiger partial charge in [0.25, 0.3) is 0 Å². The fraction of sp³-hybridized carbons (Fsp3) is 0.549. The summed E-state index contributed by atoms with van der Waals surface area (Å²) in [4.78, 5) is 65.5. The maximum absolute atomic E-state index is 14.9. The molecule has 4 aliphatic rings. The maximum atomic E-state index is 14.9. The van der Waals surface area contributed by atoms with E-state index in [0.717, 1.165) is 70.2 Å². The van der Waals surface area contributed by atoms with Crippen molar-refractivity contribution in [3.8, 4) is 28.1 Å². The summed E-state index contributed by atoms with van der Waals surface area (Å²) in [6.07, 6.45) is 6.89. The number of likely N-dealkylation sites (N-methyl/N-ethyl adjacent to an activating group) is 1. The number of aryl methyl sites for hydroxylation is 1. The normalized spacial score (nSPS) is 21.9. The van der Waals surface area contributed by atoms with Crippen molar-refractivity contribution in [1.29, 1.82) is 4.78 Å². The zero-order valence-electron chi connectivity index (χ0n) is 41.8. The number of carbonyl (C=O) groups is 4. The number of urea groups is 1. The van der Waals surface area contributed by atoms with Crippen LogP contribution in [0.25, 0.3) is 33.3 Å². The van der Waals surface area contributed by atoms with Gasteiger partial charge in [-0.1, -0.05) is 38.8 Å². The number of benzene rings is 2. The Balaban J connectivity index is 0.00000274. The highest BCUT2D eigenvalue weighted by molar-refractivity contribution is 7.92. The number of rotatable bonds is 8. The molecular weight excluding hydrogens is 999 g/mol. The number of fused-ring (bicyclic) bond motifs is 6. The zero-order chi connectivity index (χ0) is 47.8. The summed E-state index contributed by atoms with van der Waals surface area (Å²) >= 11 is 0. The van der Waals surface area contributed by atoms with Crippen molar-refractivity contribution in [3.63, 3.8) is 0 Å². The number of nitrogens with one attached hydrogen (secondary N) is 3. The number of cyclic esters (lactones) is 1. The summed E-state index contributed by atoms with van der Waals surface area (Å²) in [6, 6.07) is 11.7. The molecule has 2 saturated heterocycles. The Morgan fingerprint density at radius 2 is 1.69 bits per heavy atom. The van der Waals surface area contributed by atoms with Crippen molar-refractivity contribution < 1.29 is 38.0 Å². The second kappa shape index (κ2) is 24.9. The molecule has 0 spiro atoms. The number of nitrogens with zero attached hydrogens (tertiary/aromatic N) is 4. The SMILES string of the molecule is CCn1c(-c2cccnc2[C@H](C)OC)c2c3cc(ccc31)-c1cc(O)cc(c1)C[C@H](NC(=O)[C@H](C1CCCC1)N(C)C(=O)N1CCS(=N)(=O)CC1)C(=O)C1CCC[C@H](N1)C(=O)OCC(C)(C)C2.S.S.S.S. The lowest BCUT2D eigenvalue weighted by atomic mass is 9.84. The van der Waals surface area contributed by atoms with Gasteiger partial charge in [0, 0.05) is 83.1 Å². The molecule has 5 atom stereocenters. The van der Waals surface area contributed by atoms with Crippen molar-refractivity contribution in [2.45, 2.75) is 122 Å². The number of ether oxygens (including phenoxy) is 2. The largest absolute Gasteiger partial charge is 0.508 e. The Morgan fingerprint density at radius 1 is 1.00 bits per heavy atom. The predicted molar refractivity (Wildman–Crippen MR) is 300 cm³/mol. The molecule has 0 radical (unpaired) electrons. The van der Waals surface area contributed by atoms with Gasteiger partial charge in [-0.15, -0.1) is 0 Å². The number of phenolic OH excluding ortho intramolecular Hbond substituents is 1. The number of carbonyl (C=O) groups excluding carboxylic acids is 4. The fourth-order valence-corrected chi connectivity index (χ4v) is 12.1. The highest BCUT2D eigenvalue weighted by Gasteiger charge is 2.42.